The van der Waals surface area contributed by atoms with Crippen molar-refractivity contribution in [2.75, 3.05) is 0 Å². The minimum absolute atomic E-state index is 0.160. The van der Waals surface area contributed by atoms with Gasteiger partial charge < -0.3 is 15.4 Å². The summed E-state index contributed by atoms with van der Waals surface area (Å²) in [6, 6.07) is 8.40. The highest BCUT2D eigenvalue weighted by molar-refractivity contribution is 5.85. The third-order valence-corrected chi connectivity index (χ3v) is 3.63. The molecule has 0 bridgehead atoms. The van der Waals surface area contributed by atoms with Gasteiger partial charge in [-0.25, -0.2) is 4.79 Å². The predicted octanol–water partition coefficient (Wildman–Crippen LogP) is 2.61. The molecular weight excluding hydrogens is 268 g/mol. The second kappa shape index (κ2) is 7.67. The molecule has 0 spiro atoms. The zero-order valence-electron chi connectivity index (χ0n) is 12.3. The minimum atomic E-state index is -0.618. The molecule has 0 saturated heterocycles. The van der Waals surface area contributed by atoms with Crippen LogP contribution < -0.4 is 15.4 Å². The normalized spacial score (nSPS) is 16.8. The number of carbonyl (C=O) groups is 2. The Hall–Kier alpha value is -2.04. The number of carbonyl (C=O) groups excluding carboxylic acids is 2. The second-order valence-corrected chi connectivity index (χ2v) is 5.41. The smallest absolute Gasteiger partial charge is 0.410 e. The number of nitrogens with one attached hydrogen (secondary N) is 2. The minimum Gasteiger partial charge on any atom is -0.410 e. The van der Waals surface area contributed by atoms with E-state index >= 15 is 0 Å². The van der Waals surface area contributed by atoms with Crippen LogP contribution in [-0.4, -0.2) is 24.1 Å². The second-order valence-electron chi connectivity index (χ2n) is 5.41. The van der Waals surface area contributed by atoms with Gasteiger partial charge in [0.05, 0.1) is 0 Å². The van der Waals surface area contributed by atoms with Crippen molar-refractivity contribution in [3.8, 4) is 5.75 Å². The molecule has 2 rings (SSSR count). The Morgan fingerprint density at radius 3 is 2.48 bits per heavy atom. The summed E-state index contributed by atoms with van der Waals surface area (Å²) in [7, 11) is 0. The Balaban J connectivity index is 1.75. The van der Waals surface area contributed by atoms with Gasteiger partial charge in [-0.05, 0) is 31.9 Å². The quantitative estimate of drug-likeness (QED) is 0.895. The highest BCUT2D eigenvalue weighted by Gasteiger charge is 2.21. The van der Waals surface area contributed by atoms with Crippen LogP contribution in [0.15, 0.2) is 30.3 Å². The van der Waals surface area contributed by atoms with Gasteiger partial charge >= 0.3 is 6.09 Å². The molecule has 0 aromatic heterocycles. The lowest BCUT2D eigenvalue weighted by atomic mass is 9.95. The molecule has 1 aliphatic rings. The molecule has 1 fully saturated rings. The first-order valence-electron chi connectivity index (χ1n) is 7.49. The van der Waals surface area contributed by atoms with Gasteiger partial charge in [0.1, 0.15) is 11.8 Å². The maximum absolute atomic E-state index is 12.0. The van der Waals surface area contributed by atoms with Crippen LogP contribution in [0.25, 0.3) is 0 Å². The summed E-state index contributed by atoms with van der Waals surface area (Å²) in [4.78, 5) is 23.7. The SMILES string of the molecule is C[C@@H](NC(=O)Oc1ccccc1)C(=O)NC1CCCCC1. The molecule has 0 unspecified atom stereocenters. The maximum Gasteiger partial charge on any atom is 0.413 e. The van der Waals surface area contributed by atoms with Gasteiger partial charge in [0.25, 0.3) is 0 Å². The predicted molar refractivity (Wildman–Crippen MR) is 80.1 cm³/mol. The fourth-order valence-electron chi connectivity index (χ4n) is 2.44. The third kappa shape index (κ3) is 5.10. The zero-order chi connectivity index (χ0) is 15.1. The molecule has 0 heterocycles. The van der Waals surface area contributed by atoms with E-state index in [1.807, 2.05) is 6.07 Å². The molecule has 5 heteroatoms. The van der Waals surface area contributed by atoms with Crippen LogP contribution in [0.5, 0.6) is 5.75 Å². The molecule has 2 amide bonds. The molecular formula is C16H22N2O3. The van der Waals surface area contributed by atoms with Crippen molar-refractivity contribution in [3.63, 3.8) is 0 Å². The van der Waals surface area contributed by atoms with Gasteiger partial charge in [-0.3, -0.25) is 4.79 Å². The van der Waals surface area contributed by atoms with Crippen molar-refractivity contribution < 1.29 is 14.3 Å². The summed E-state index contributed by atoms with van der Waals surface area (Å²) in [5.41, 5.74) is 0. The molecule has 1 aliphatic carbocycles. The van der Waals surface area contributed by atoms with Crippen molar-refractivity contribution in [3.05, 3.63) is 30.3 Å². The van der Waals surface area contributed by atoms with E-state index in [2.05, 4.69) is 10.6 Å². The Morgan fingerprint density at radius 1 is 1.14 bits per heavy atom. The topological polar surface area (TPSA) is 67.4 Å². The molecule has 0 aliphatic heterocycles. The Morgan fingerprint density at radius 2 is 1.81 bits per heavy atom. The first-order valence-corrected chi connectivity index (χ1v) is 7.49. The van der Waals surface area contributed by atoms with Crippen LogP contribution in [0.4, 0.5) is 4.79 Å². The largest absolute Gasteiger partial charge is 0.413 e. The summed E-state index contributed by atoms with van der Waals surface area (Å²) in [6.07, 6.45) is 4.97. The molecule has 1 aromatic rings. The van der Waals surface area contributed by atoms with Gasteiger partial charge in [0.15, 0.2) is 0 Å². The van der Waals surface area contributed by atoms with Crippen LogP contribution in [-0.2, 0) is 4.79 Å². The van der Waals surface area contributed by atoms with Crippen LogP contribution in [0.2, 0.25) is 0 Å². The lowest BCUT2D eigenvalue weighted by Crippen LogP contribution is -2.49. The number of ether oxygens (including phenoxy) is 1. The third-order valence-electron chi connectivity index (χ3n) is 3.63. The summed E-state index contributed by atoms with van der Waals surface area (Å²) < 4.78 is 5.10. The van der Waals surface area contributed by atoms with Gasteiger partial charge in [0.2, 0.25) is 5.91 Å². The molecule has 1 aromatic carbocycles. The van der Waals surface area contributed by atoms with Crippen molar-refractivity contribution >= 4 is 12.0 Å². The van der Waals surface area contributed by atoms with E-state index in [0.29, 0.717) is 5.75 Å². The average Bonchev–Trinajstić information content (AvgIpc) is 2.49. The van der Waals surface area contributed by atoms with Crippen molar-refractivity contribution in [2.24, 2.45) is 0 Å². The Bertz CT molecular complexity index is 470. The summed E-state index contributed by atoms with van der Waals surface area (Å²) in [5.74, 6) is 0.293. The molecule has 2 N–H and O–H groups in total. The fraction of sp³-hybridized carbons (Fsp3) is 0.500. The highest BCUT2D eigenvalue weighted by Crippen LogP contribution is 2.17. The van der Waals surface area contributed by atoms with E-state index < -0.39 is 12.1 Å². The van der Waals surface area contributed by atoms with E-state index in [4.69, 9.17) is 4.74 Å². The number of para-hydroxylation sites is 1. The first kappa shape index (κ1) is 15.4. The van der Waals surface area contributed by atoms with Crippen LogP contribution in [0.1, 0.15) is 39.0 Å². The molecule has 0 radical (unpaired) electrons. The number of rotatable bonds is 4. The van der Waals surface area contributed by atoms with E-state index in [0.717, 1.165) is 25.7 Å². The lowest BCUT2D eigenvalue weighted by Gasteiger charge is -2.24. The molecule has 21 heavy (non-hydrogen) atoms. The summed E-state index contributed by atoms with van der Waals surface area (Å²) in [6.45, 7) is 1.66. The average molecular weight is 290 g/mol. The van der Waals surface area contributed by atoms with Gasteiger partial charge in [0, 0.05) is 6.04 Å². The first-order chi connectivity index (χ1) is 10.1. The van der Waals surface area contributed by atoms with Gasteiger partial charge in [-0.1, -0.05) is 37.5 Å². The molecule has 1 saturated carbocycles. The monoisotopic (exact) mass is 290 g/mol. The lowest BCUT2D eigenvalue weighted by molar-refractivity contribution is -0.123. The van der Waals surface area contributed by atoms with Crippen LogP contribution >= 0.6 is 0 Å². The van der Waals surface area contributed by atoms with Crippen LogP contribution in [0.3, 0.4) is 0 Å². The highest BCUT2D eigenvalue weighted by atomic mass is 16.6. The maximum atomic E-state index is 12.0. The van der Waals surface area contributed by atoms with Crippen molar-refractivity contribution in [1.82, 2.24) is 10.6 Å². The molecule has 1 atom stereocenters. The summed E-state index contributed by atoms with van der Waals surface area (Å²) in [5, 5.41) is 5.52. The van der Waals surface area contributed by atoms with Crippen molar-refractivity contribution in [1.29, 1.82) is 0 Å². The number of hydrogen-bond acceptors (Lipinski definition) is 3. The van der Waals surface area contributed by atoms with E-state index in [-0.39, 0.29) is 11.9 Å². The molecule has 114 valence electrons. The zero-order valence-corrected chi connectivity index (χ0v) is 12.3. The number of benzene rings is 1. The number of hydrogen-bond donors (Lipinski definition) is 2. The Labute approximate surface area is 125 Å². The Kier molecular flexibility index (Phi) is 5.60. The molecule has 5 nitrogen and oxygen atoms in total. The van der Waals surface area contributed by atoms with E-state index in [1.165, 1.54) is 6.42 Å². The summed E-state index contributed by atoms with van der Waals surface area (Å²) >= 11 is 0. The van der Waals surface area contributed by atoms with E-state index in [1.54, 1.807) is 31.2 Å². The van der Waals surface area contributed by atoms with Gasteiger partial charge in [-0.2, -0.15) is 0 Å². The van der Waals surface area contributed by atoms with Gasteiger partial charge in [-0.15, -0.1) is 0 Å². The standard InChI is InChI=1S/C16H22N2O3/c1-12(15(19)18-13-8-4-2-5-9-13)17-16(20)21-14-10-6-3-7-11-14/h3,6-7,10-13H,2,4-5,8-9H2,1H3,(H,17,20)(H,18,19)/t12-/m1/s1. The van der Waals surface area contributed by atoms with Crippen LogP contribution in [0, 0.1) is 0 Å². The van der Waals surface area contributed by atoms with Crippen molar-refractivity contribution in [2.45, 2.75) is 51.1 Å². The number of amides is 2. The van der Waals surface area contributed by atoms with E-state index in [9.17, 15) is 9.59 Å². The fourth-order valence-corrected chi connectivity index (χ4v) is 2.44.